The number of nitrogens with one attached hydrogen (secondary N) is 1. The number of carboxylic acids is 1. The molecule has 1 aliphatic heterocycles. The van der Waals surface area contributed by atoms with Gasteiger partial charge in [-0.25, -0.2) is 9.18 Å². The Morgan fingerprint density at radius 1 is 1.10 bits per heavy atom. The molecule has 0 spiro atoms. The van der Waals surface area contributed by atoms with Crippen molar-refractivity contribution in [1.82, 2.24) is 4.98 Å². The van der Waals surface area contributed by atoms with Gasteiger partial charge in [-0.3, -0.25) is 4.99 Å². The lowest BCUT2D eigenvalue weighted by Gasteiger charge is -2.19. The molecule has 5 rings (SSSR count). The molecule has 1 atom stereocenters. The number of benzene rings is 3. The number of aromatic nitrogens is 1. The largest absolute Gasteiger partial charge is 0.487 e. The molecule has 156 valence electrons. The average Bonchev–Trinajstić information content (AvgIpc) is 3.36. The number of aliphatic imine (C=N–C) groups is 1. The summed E-state index contributed by atoms with van der Waals surface area (Å²) >= 11 is 1.40. The molecular formula is C24H19FN2O3S. The van der Waals surface area contributed by atoms with Gasteiger partial charge in [-0.05, 0) is 52.6 Å². The van der Waals surface area contributed by atoms with Crippen LogP contribution >= 0.6 is 11.8 Å². The first-order valence-corrected chi connectivity index (χ1v) is 10.8. The van der Waals surface area contributed by atoms with Gasteiger partial charge in [-0.1, -0.05) is 30.3 Å². The van der Waals surface area contributed by atoms with Crippen molar-refractivity contribution >= 4 is 44.5 Å². The summed E-state index contributed by atoms with van der Waals surface area (Å²) in [5.74, 6) is -0.280. The highest BCUT2D eigenvalue weighted by molar-refractivity contribution is 8.14. The first kappa shape index (κ1) is 19.6. The number of hydrogen-bond acceptors (Lipinski definition) is 4. The van der Waals surface area contributed by atoms with Gasteiger partial charge in [-0.15, -0.1) is 11.8 Å². The molecule has 0 saturated heterocycles. The van der Waals surface area contributed by atoms with Crippen LogP contribution in [0.15, 0.2) is 71.7 Å². The normalized spacial score (nSPS) is 18.4. The Kier molecular flexibility index (Phi) is 4.90. The summed E-state index contributed by atoms with van der Waals surface area (Å²) in [5.41, 5.74) is 0.0840. The third kappa shape index (κ3) is 3.88. The third-order valence-electron chi connectivity index (χ3n) is 5.42. The van der Waals surface area contributed by atoms with Crippen LogP contribution in [0.4, 0.5) is 4.39 Å². The van der Waals surface area contributed by atoms with Gasteiger partial charge in [0.05, 0.1) is 0 Å². The van der Waals surface area contributed by atoms with E-state index in [2.05, 4.69) is 9.98 Å². The molecule has 1 aliphatic rings. The number of carboxylic acid groups (broad SMARTS) is 1. The molecule has 1 aromatic heterocycles. The van der Waals surface area contributed by atoms with Crippen LogP contribution in [0.2, 0.25) is 0 Å². The van der Waals surface area contributed by atoms with Gasteiger partial charge in [0.15, 0.2) is 5.54 Å². The molecule has 0 fully saturated rings. The van der Waals surface area contributed by atoms with Crippen molar-refractivity contribution < 1.29 is 19.0 Å². The first-order chi connectivity index (χ1) is 15.0. The number of halogens is 1. The number of thioether (sulfide) groups is 1. The molecular weight excluding hydrogens is 415 g/mol. The number of aromatic amines is 1. The summed E-state index contributed by atoms with van der Waals surface area (Å²) < 4.78 is 19.4. The Bertz CT molecular complexity index is 1330. The van der Waals surface area contributed by atoms with Crippen molar-refractivity contribution in [2.45, 2.75) is 12.0 Å². The summed E-state index contributed by atoms with van der Waals surface area (Å²) in [6, 6.07) is 20.2. The monoisotopic (exact) mass is 434 g/mol. The predicted octanol–water partition coefficient (Wildman–Crippen LogP) is 5.05. The fourth-order valence-electron chi connectivity index (χ4n) is 3.83. The highest BCUT2D eigenvalue weighted by Gasteiger charge is 2.43. The minimum Gasteiger partial charge on any atom is -0.487 e. The second-order valence-corrected chi connectivity index (χ2v) is 8.68. The number of carbonyl (C=O) groups is 1. The number of H-pyrrole nitrogens is 1. The van der Waals surface area contributed by atoms with Crippen molar-refractivity contribution in [3.63, 3.8) is 0 Å². The third-order valence-corrected chi connectivity index (χ3v) is 6.59. The molecule has 0 amide bonds. The van der Waals surface area contributed by atoms with Gasteiger partial charge in [-0.2, -0.15) is 0 Å². The van der Waals surface area contributed by atoms with Crippen molar-refractivity contribution in [3.05, 3.63) is 78.2 Å². The summed E-state index contributed by atoms with van der Waals surface area (Å²) in [6.07, 6.45) is 0.200. The van der Waals surface area contributed by atoms with Crippen LogP contribution in [-0.4, -0.2) is 39.0 Å². The maximum Gasteiger partial charge on any atom is 0.332 e. The van der Waals surface area contributed by atoms with Crippen LogP contribution in [-0.2, 0) is 11.2 Å². The maximum absolute atomic E-state index is 13.5. The summed E-state index contributed by atoms with van der Waals surface area (Å²) in [5, 5.41) is 13.6. The molecule has 4 aromatic rings. The van der Waals surface area contributed by atoms with Gasteiger partial charge in [0.2, 0.25) is 0 Å². The van der Waals surface area contributed by atoms with Crippen LogP contribution in [0.5, 0.6) is 5.75 Å². The van der Waals surface area contributed by atoms with E-state index in [0.717, 1.165) is 16.2 Å². The van der Waals surface area contributed by atoms with Gasteiger partial charge in [0.1, 0.15) is 23.2 Å². The van der Waals surface area contributed by atoms with E-state index in [9.17, 15) is 14.3 Å². The van der Waals surface area contributed by atoms with Gasteiger partial charge in [0, 0.05) is 23.4 Å². The Balaban J connectivity index is 1.34. The van der Waals surface area contributed by atoms with E-state index < -0.39 is 11.5 Å². The van der Waals surface area contributed by atoms with Crippen LogP contribution < -0.4 is 4.74 Å². The highest BCUT2D eigenvalue weighted by atomic mass is 32.2. The molecule has 3 aromatic carbocycles. The van der Waals surface area contributed by atoms with Gasteiger partial charge in [0.25, 0.3) is 0 Å². The van der Waals surface area contributed by atoms with E-state index in [1.54, 1.807) is 6.07 Å². The molecule has 0 radical (unpaired) electrons. The lowest BCUT2D eigenvalue weighted by molar-refractivity contribution is -0.142. The average molecular weight is 434 g/mol. The van der Waals surface area contributed by atoms with Crippen LogP contribution in [0.3, 0.4) is 0 Å². The second kappa shape index (κ2) is 7.74. The molecule has 2 heterocycles. The fraction of sp³-hybridized carbons (Fsp3) is 0.167. The van der Waals surface area contributed by atoms with E-state index in [0.29, 0.717) is 27.8 Å². The predicted molar refractivity (Wildman–Crippen MR) is 122 cm³/mol. The highest BCUT2D eigenvalue weighted by Crippen LogP contribution is 2.33. The molecule has 0 bridgehead atoms. The Morgan fingerprint density at radius 3 is 2.74 bits per heavy atom. The Hall–Kier alpha value is -3.32. The van der Waals surface area contributed by atoms with Gasteiger partial charge < -0.3 is 14.8 Å². The van der Waals surface area contributed by atoms with E-state index in [1.165, 1.54) is 23.9 Å². The molecule has 7 heteroatoms. The number of hydrogen-bond donors (Lipinski definition) is 2. The summed E-state index contributed by atoms with van der Waals surface area (Å²) in [7, 11) is 0. The summed E-state index contributed by atoms with van der Waals surface area (Å²) in [6.45, 7) is 0.218. The lowest BCUT2D eigenvalue weighted by atomic mass is 9.96. The minimum atomic E-state index is -1.27. The Labute approximate surface area is 181 Å². The second-order valence-electron chi connectivity index (χ2n) is 7.63. The number of fused-ring (bicyclic) bond motifs is 2. The summed E-state index contributed by atoms with van der Waals surface area (Å²) in [4.78, 5) is 19.8. The standard InChI is InChI=1S/C24H19FN2O3S/c25-18-7-5-17-9-19(26-21(17)11-18)12-24(23(28)29)14-31-22(27-24)13-30-20-8-6-15-3-1-2-4-16(15)10-20/h1-11,26H,12-14H2,(H,28,29)/t24-/m1/s1. The SMILES string of the molecule is O=C(O)[C@@]1(Cc2cc3ccc(F)cc3[nH]2)CSC(COc2ccc3ccccc3c2)=N1. The van der Waals surface area contributed by atoms with Crippen molar-refractivity contribution in [1.29, 1.82) is 0 Å². The topological polar surface area (TPSA) is 74.7 Å². The molecule has 0 saturated carbocycles. The quantitative estimate of drug-likeness (QED) is 0.445. The van der Waals surface area contributed by atoms with E-state index in [1.807, 2.05) is 48.5 Å². The first-order valence-electron chi connectivity index (χ1n) is 9.84. The van der Waals surface area contributed by atoms with Crippen molar-refractivity contribution in [2.75, 3.05) is 12.4 Å². The number of nitrogens with zero attached hydrogens (tertiary/aromatic N) is 1. The molecule has 0 unspecified atom stereocenters. The van der Waals surface area contributed by atoms with E-state index in [4.69, 9.17) is 4.74 Å². The molecule has 2 N–H and O–H groups in total. The smallest absolute Gasteiger partial charge is 0.332 e. The lowest BCUT2D eigenvalue weighted by Crippen LogP contribution is -2.39. The number of aliphatic carboxylic acids is 1. The molecule has 31 heavy (non-hydrogen) atoms. The van der Waals surface area contributed by atoms with Crippen LogP contribution in [0, 0.1) is 5.82 Å². The zero-order valence-electron chi connectivity index (χ0n) is 16.5. The fourth-order valence-corrected chi connectivity index (χ4v) is 4.90. The maximum atomic E-state index is 13.5. The molecule has 0 aliphatic carbocycles. The molecule has 5 nitrogen and oxygen atoms in total. The van der Waals surface area contributed by atoms with Crippen LogP contribution in [0.25, 0.3) is 21.7 Å². The number of rotatable bonds is 6. The Morgan fingerprint density at radius 2 is 1.90 bits per heavy atom. The van der Waals surface area contributed by atoms with Crippen LogP contribution in [0.1, 0.15) is 5.69 Å². The zero-order valence-corrected chi connectivity index (χ0v) is 17.3. The van der Waals surface area contributed by atoms with E-state index >= 15 is 0 Å². The van der Waals surface area contributed by atoms with Crippen molar-refractivity contribution in [3.8, 4) is 5.75 Å². The minimum absolute atomic E-state index is 0.200. The van der Waals surface area contributed by atoms with Crippen molar-refractivity contribution in [2.24, 2.45) is 4.99 Å². The number of ether oxygens (including phenoxy) is 1. The van der Waals surface area contributed by atoms with E-state index in [-0.39, 0.29) is 18.8 Å². The van der Waals surface area contributed by atoms with Gasteiger partial charge >= 0.3 is 5.97 Å². The zero-order chi connectivity index (χ0) is 21.4.